The number of benzene rings is 3. The fraction of sp³-hybridized carbons (Fsp3) is 0.240. The van der Waals surface area contributed by atoms with Gasteiger partial charge in [-0.2, -0.15) is 4.31 Å². The SMILES string of the molecule is CC(C)(C)c1ccc(S(=O)(=O)N(Cc2ccc(Br)cc2)Cc2ccc(C(=O)N[O-])cc2)cc1. The van der Waals surface area contributed by atoms with Crippen molar-refractivity contribution < 1.29 is 13.2 Å². The summed E-state index contributed by atoms with van der Waals surface area (Å²) in [6, 6.07) is 20.8. The number of rotatable bonds is 7. The molecule has 0 atom stereocenters. The van der Waals surface area contributed by atoms with E-state index in [0.29, 0.717) is 5.56 Å². The smallest absolute Gasteiger partial charge is 0.243 e. The minimum atomic E-state index is -3.81. The Morgan fingerprint density at radius 3 is 1.82 bits per heavy atom. The summed E-state index contributed by atoms with van der Waals surface area (Å²) in [5.41, 5.74) is 4.06. The third-order valence-corrected chi connectivity index (χ3v) is 7.63. The van der Waals surface area contributed by atoms with Crippen LogP contribution >= 0.6 is 15.9 Å². The van der Waals surface area contributed by atoms with E-state index in [9.17, 15) is 18.4 Å². The van der Waals surface area contributed by atoms with Crippen molar-refractivity contribution in [3.05, 3.63) is 105 Å². The second-order valence-electron chi connectivity index (χ2n) is 8.80. The molecule has 0 aliphatic heterocycles. The van der Waals surface area contributed by atoms with Gasteiger partial charge in [-0.15, -0.1) is 0 Å². The lowest BCUT2D eigenvalue weighted by Crippen LogP contribution is -2.30. The van der Waals surface area contributed by atoms with Crippen molar-refractivity contribution in [1.29, 1.82) is 0 Å². The number of hydroxylamine groups is 1. The molecule has 3 rings (SSSR count). The van der Waals surface area contributed by atoms with Crippen molar-refractivity contribution in [1.82, 2.24) is 9.79 Å². The number of sulfonamides is 1. The Hall–Kier alpha value is -2.52. The van der Waals surface area contributed by atoms with E-state index in [1.54, 1.807) is 24.3 Å². The van der Waals surface area contributed by atoms with Crippen LogP contribution in [0, 0.1) is 5.21 Å². The molecule has 174 valence electrons. The van der Waals surface area contributed by atoms with Gasteiger partial charge >= 0.3 is 0 Å². The normalized spacial score (nSPS) is 12.1. The van der Waals surface area contributed by atoms with E-state index in [4.69, 9.17) is 0 Å². The molecule has 0 bridgehead atoms. The van der Waals surface area contributed by atoms with E-state index in [0.717, 1.165) is 15.6 Å². The first kappa shape index (κ1) is 25.1. The lowest BCUT2D eigenvalue weighted by Gasteiger charge is -2.24. The molecule has 1 N–H and O–H groups in total. The van der Waals surface area contributed by atoms with Crippen LogP contribution in [0.15, 0.2) is 82.2 Å². The third-order valence-electron chi connectivity index (χ3n) is 5.30. The van der Waals surface area contributed by atoms with E-state index >= 15 is 0 Å². The van der Waals surface area contributed by atoms with Gasteiger partial charge in [-0.25, -0.2) is 8.42 Å². The number of hydrogen-bond acceptors (Lipinski definition) is 4. The predicted molar refractivity (Wildman–Crippen MR) is 133 cm³/mol. The maximum Gasteiger partial charge on any atom is 0.243 e. The summed E-state index contributed by atoms with van der Waals surface area (Å²) < 4.78 is 29.5. The van der Waals surface area contributed by atoms with E-state index < -0.39 is 15.9 Å². The van der Waals surface area contributed by atoms with Crippen molar-refractivity contribution >= 4 is 31.9 Å². The fourth-order valence-corrected chi connectivity index (χ4v) is 5.00. The first-order chi connectivity index (χ1) is 15.5. The highest BCUT2D eigenvalue weighted by Crippen LogP contribution is 2.26. The molecule has 0 aliphatic carbocycles. The van der Waals surface area contributed by atoms with Crippen molar-refractivity contribution in [2.75, 3.05) is 0 Å². The average molecular weight is 530 g/mol. The Balaban J connectivity index is 1.95. The van der Waals surface area contributed by atoms with Gasteiger partial charge < -0.3 is 10.7 Å². The van der Waals surface area contributed by atoms with Crippen LogP contribution in [-0.2, 0) is 28.5 Å². The molecule has 0 saturated carbocycles. The summed E-state index contributed by atoms with van der Waals surface area (Å²) >= 11 is 3.40. The highest BCUT2D eigenvalue weighted by atomic mass is 79.9. The van der Waals surface area contributed by atoms with Gasteiger partial charge in [0.1, 0.15) is 0 Å². The summed E-state index contributed by atoms with van der Waals surface area (Å²) in [6.45, 7) is 6.52. The van der Waals surface area contributed by atoms with Gasteiger partial charge in [-0.05, 0) is 58.5 Å². The summed E-state index contributed by atoms with van der Waals surface area (Å²) in [5.74, 6) is -0.736. The quantitative estimate of drug-likeness (QED) is 0.417. The topological polar surface area (TPSA) is 89.5 Å². The van der Waals surface area contributed by atoms with Crippen LogP contribution < -0.4 is 5.48 Å². The molecular weight excluding hydrogens is 504 g/mol. The summed E-state index contributed by atoms with van der Waals surface area (Å²) in [5, 5.41) is 10.6. The van der Waals surface area contributed by atoms with Gasteiger partial charge in [0.2, 0.25) is 15.9 Å². The van der Waals surface area contributed by atoms with Crippen molar-refractivity contribution in [2.24, 2.45) is 0 Å². The highest BCUT2D eigenvalue weighted by Gasteiger charge is 2.26. The number of nitrogens with zero attached hydrogens (tertiary/aromatic N) is 1. The van der Waals surface area contributed by atoms with Gasteiger partial charge in [-0.1, -0.05) is 73.1 Å². The van der Waals surface area contributed by atoms with Crippen LogP contribution in [-0.4, -0.2) is 18.6 Å². The van der Waals surface area contributed by atoms with Crippen molar-refractivity contribution in [2.45, 2.75) is 44.2 Å². The lowest BCUT2D eigenvalue weighted by atomic mass is 9.87. The molecule has 6 nitrogen and oxygen atoms in total. The molecule has 8 heteroatoms. The first-order valence-corrected chi connectivity index (χ1v) is 12.6. The van der Waals surface area contributed by atoms with Gasteiger partial charge in [0.05, 0.1) is 4.90 Å². The Morgan fingerprint density at radius 2 is 1.36 bits per heavy atom. The van der Waals surface area contributed by atoms with E-state index in [-0.39, 0.29) is 29.0 Å². The molecule has 0 spiro atoms. The molecule has 0 unspecified atom stereocenters. The van der Waals surface area contributed by atoms with Gasteiger partial charge in [0, 0.05) is 23.1 Å². The predicted octanol–water partition coefficient (Wildman–Crippen LogP) is 5.37. The van der Waals surface area contributed by atoms with Crippen LogP contribution in [0.3, 0.4) is 0 Å². The maximum atomic E-state index is 13.6. The minimum absolute atomic E-state index is 0.0858. The molecule has 0 aromatic heterocycles. The van der Waals surface area contributed by atoms with Crippen molar-refractivity contribution in [3.8, 4) is 0 Å². The number of amides is 1. The van der Waals surface area contributed by atoms with Crippen LogP contribution in [0.25, 0.3) is 0 Å². The van der Waals surface area contributed by atoms with Gasteiger partial charge in [-0.3, -0.25) is 4.79 Å². The Bertz CT molecular complexity index is 1200. The standard InChI is InChI=1S/C25H26BrN2O4S/c1-25(2,3)21-10-14-23(15-11-21)33(31,32)28(17-19-6-12-22(26)13-7-19)16-18-4-8-20(9-5-18)24(29)27-30/h4-15H,16-17H2,1-3H3,(H-,27,29,30)/q-1. The van der Waals surface area contributed by atoms with Crippen LogP contribution in [0.4, 0.5) is 0 Å². The zero-order valence-corrected chi connectivity index (χ0v) is 21.1. The number of hydrogen-bond donors (Lipinski definition) is 1. The van der Waals surface area contributed by atoms with E-state index in [2.05, 4.69) is 36.7 Å². The molecule has 3 aromatic carbocycles. The Morgan fingerprint density at radius 1 is 0.879 bits per heavy atom. The Kier molecular flexibility index (Phi) is 7.74. The van der Waals surface area contributed by atoms with Gasteiger partial charge in [0.15, 0.2) is 0 Å². The number of halogens is 1. The number of nitrogens with one attached hydrogen (secondary N) is 1. The lowest BCUT2D eigenvalue weighted by molar-refractivity contribution is 0.0970. The first-order valence-electron chi connectivity index (χ1n) is 10.4. The highest BCUT2D eigenvalue weighted by molar-refractivity contribution is 9.10. The third kappa shape index (κ3) is 6.29. The fourth-order valence-electron chi connectivity index (χ4n) is 3.32. The average Bonchev–Trinajstić information content (AvgIpc) is 2.79. The molecule has 0 fully saturated rings. The summed E-state index contributed by atoms with van der Waals surface area (Å²) in [4.78, 5) is 11.7. The zero-order chi connectivity index (χ0) is 24.2. The van der Waals surface area contributed by atoms with Crippen LogP contribution in [0.2, 0.25) is 0 Å². The second kappa shape index (κ2) is 10.2. The number of carbonyl (C=O) groups is 1. The molecule has 33 heavy (non-hydrogen) atoms. The van der Waals surface area contributed by atoms with E-state index in [1.807, 2.05) is 36.4 Å². The number of carbonyl (C=O) groups excluding carboxylic acids is 1. The second-order valence-corrected chi connectivity index (χ2v) is 11.7. The molecule has 0 radical (unpaired) electrons. The molecule has 0 saturated heterocycles. The largest absolute Gasteiger partial charge is 0.759 e. The van der Waals surface area contributed by atoms with Crippen molar-refractivity contribution in [3.63, 3.8) is 0 Å². The van der Waals surface area contributed by atoms with Crippen LogP contribution in [0.5, 0.6) is 0 Å². The monoisotopic (exact) mass is 529 g/mol. The minimum Gasteiger partial charge on any atom is -0.759 e. The summed E-state index contributed by atoms with van der Waals surface area (Å²) in [6.07, 6.45) is 0. The molecule has 0 aliphatic rings. The summed E-state index contributed by atoms with van der Waals surface area (Å²) in [7, 11) is -3.81. The molecular formula is C25H26BrN2O4S-. The molecule has 1 amide bonds. The zero-order valence-electron chi connectivity index (χ0n) is 18.7. The maximum absolute atomic E-state index is 13.6. The van der Waals surface area contributed by atoms with Crippen LogP contribution in [0.1, 0.15) is 47.8 Å². The Labute approximate surface area is 203 Å². The molecule has 0 heterocycles. The molecule has 3 aromatic rings. The van der Waals surface area contributed by atoms with Gasteiger partial charge in [0.25, 0.3) is 0 Å². The van der Waals surface area contributed by atoms with E-state index in [1.165, 1.54) is 21.9 Å².